The highest BCUT2D eigenvalue weighted by Crippen LogP contribution is 2.28. The Balaban J connectivity index is 1.43. The van der Waals surface area contributed by atoms with Gasteiger partial charge in [-0.1, -0.05) is 11.2 Å². The summed E-state index contributed by atoms with van der Waals surface area (Å²) >= 11 is 1.53. The molecule has 30 heavy (non-hydrogen) atoms. The zero-order valence-corrected chi connectivity index (χ0v) is 17.5. The van der Waals surface area contributed by atoms with Crippen LogP contribution in [0.1, 0.15) is 36.0 Å². The van der Waals surface area contributed by atoms with Gasteiger partial charge in [-0.05, 0) is 43.0 Å². The molecule has 9 nitrogen and oxygen atoms in total. The molecule has 0 saturated heterocycles. The molecule has 0 aliphatic carbocycles. The minimum Gasteiger partial charge on any atom is -0.493 e. The second-order valence-electron chi connectivity index (χ2n) is 6.14. The van der Waals surface area contributed by atoms with Gasteiger partial charge in [0.1, 0.15) is 0 Å². The molecule has 2 aromatic heterocycles. The Labute approximate surface area is 177 Å². The molecule has 2 N–H and O–H groups in total. The Morgan fingerprint density at radius 2 is 2.07 bits per heavy atom. The maximum atomic E-state index is 12.2. The van der Waals surface area contributed by atoms with E-state index < -0.39 is 5.91 Å². The lowest BCUT2D eigenvalue weighted by Gasteiger charge is -2.11. The monoisotopic (exact) mass is 430 g/mol. The van der Waals surface area contributed by atoms with Gasteiger partial charge in [0.15, 0.2) is 11.5 Å². The number of methoxy groups -OCH3 is 1. The largest absolute Gasteiger partial charge is 0.493 e. The number of nitrogens with zero attached hydrogens (tertiary/aromatic N) is 2. The van der Waals surface area contributed by atoms with Crippen LogP contribution in [0.5, 0.6) is 11.5 Å². The number of hydrogen-bond acceptors (Lipinski definition) is 8. The predicted octanol–water partition coefficient (Wildman–Crippen LogP) is 2.99. The van der Waals surface area contributed by atoms with Crippen LogP contribution in [0.4, 0.5) is 0 Å². The first-order valence-corrected chi connectivity index (χ1v) is 10.2. The van der Waals surface area contributed by atoms with Crippen molar-refractivity contribution in [3.05, 3.63) is 47.2 Å². The molecule has 10 heteroatoms. The number of aryl methyl sites for hydroxylation is 1. The second-order valence-corrected chi connectivity index (χ2v) is 7.09. The first-order chi connectivity index (χ1) is 14.6. The van der Waals surface area contributed by atoms with Crippen LogP contribution in [-0.4, -0.2) is 35.7 Å². The van der Waals surface area contributed by atoms with Crippen molar-refractivity contribution in [1.82, 2.24) is 21.0 Å². The van der Waals surface area contributed by atoms with Gasteiger partial charge < -0.3 is 14.0 Å². The normalized spacial score (nSPS) is 10.5. The van der Waals surface area contributed by atoms with Gasteiger partial charge in [0.25, 0.3) is 5.91 Å². The number of carbonyl (C=O) groups excluding carboxylic acids is 2. The maximum Gasteiger partial charge on any atom is 0.269 e. The maximum absolute atomic E-state index is 12.2. The molecule has 0 unspecified atom stereocenters. The summed E-state index contributed by atoms with van der Waals surface area (Å²) in [4.78, 5) is 29.5. The minimum absolute atomic E-state index is 0.198. The van der Waals surface area contributed by atoms with Crippen LogP contribution in [-0.2, 0) is 11.2 Å². The Bertz CT molecular complexity index is 987. The molecule has 0 spiro atoms. The van der Waals surface area contributed by atoms with Crippen LogP contribution in [0.15, 0.2) is 40.2 Å². The number of amides is 2. The van der Waals surface area contributed by atoms with Gasteiger partial charge in [-0.15, -0.1) is 11.3 Å². The summed E-state index contributed by atoms with van der Waals surface area (Å²) in [5.41, 5.74) is 5.12. The quantitative estimate of drug-likeness (QED) is 0.501. The summed E-state index contributed by atoms with van der Waals surface area (Å²) in [5.74, 6) is 1.22. The van der Waals surface area contributed by atoms with Crippen molar-refractivity contribution in [1.29, 1.82) is 0 Å². The van der Waals surface area contributed by atoms with Crippen LogP contribution < -0.4 is 20.3 Å². The number of hydrogen-bond donors (Lipinski definition) is 2. The first-order valence-electron chi connectivity index (χ1n) is 9.37. The van der Waals surface area contributed by atoms with E-state index in [4.69, 9.17) is 14.0 Å². The van der Waals surface area contributed by atoms with Crippen LogP contribution in [0.2, 0.25) is 0 Å². The smallest absolute Gasteiger partial charge is 0.269 e. The Kier molecular flexibility index (Phi) is 7.39. The van der Waals surface area contributed by atoms with Gasteiger partial charge in [-0.2, -0.15) is 4.98 Å². The van der Waals surface area contributed by atoms with Crippen molar-refractivity contribution in [2.24, 2.45) is 0 Å². The fraction of sp³-hybridized carbons (Fsp3) is 0.300. The van der Waals surface area contributed by atoms with Crippen LogP contribution >= 0.6 is 11.3 Å². The lowest BCUT2D eigenvalue weighted by atomic mass is 10.2. The number of nitrogens with one attached hydrogen (secondary N) is 2. The molecule has 0 atom stereocenters. The summed E-state index contributed by atoms with van der Waals surface area (Å²) in [6.07, 6.45) is 1.17. The number of carbonyl (C=O) groups is 2. The van der Waals surface area contributed by atoms with E-state index in [1.165, 1.54) is 18.4 Å². The molecule has 0 aliphatic heterocycles. The van der Waals surface area contributed by atoms with Crippen molar-refractivity contribution in [3.8, 4) is 22.2 Å². The van der Waals surface area contributed by atoms with E-state index in [1.807, 2.05) is 24.4 Å². The van der Waals surface area contributed by atoms with Crippen molar-refractivity contribution >= 4 is 23.2 Å². The van der Waals surface area contributed by atoms with E-state index in [0.29, 0.717) is 48.2 Å². The molecule has 2 amide bonds. The molecular formula is C20H22N4O5S. The first kappa shape index (κ1) is 21.3. The van der Waals surface area contributed by atoms with E-state index in [9.17, 15) is 9.59 Å². The summed E-state index contributed by atoms with van der Waals surface area (Å²) in [6.45, 7) is 2.34. The van der Waals surface area contributed by atoms with Crippen LogP contribution in [0.3, 0.4) is 0 Å². The van der Waals surface area contributed by atoms with Gasteiger partial charge in [-0.25, -0.2) is 0 Å². The predicted molar refractivity (Wildman–Crippen MR) is 110 cm³/mol. The number of thiophene rings is 1. The summed E-state index contributed by atoms with van der Waals surface area (Å²) in [6, 6.07) is 8.62. The van der Waals surface area contributed by atoms with Crippen molar-refractivity contribution < 1.29 is 23.6 Å². The third-order valence-corrected chi connectivity index (χ3v) is 4.91. The van der Waals surface area contributed by atoms with Gasteiger partial charge in [-0.3, -0.25) is 20.4 Å². The Hall–Kier alpha value is -3.40. The standard InChI is InChI=1S/C20H22N4O5S/c1-3-28-14-10-9-13(12-15(14)27-2)20(26)23-22-17(25)7-4-8-18-21-19(24-29-18)16-6-5-11-30-16/h5-6,9-12H,3-4,7-8H2,1-2H3,(H,22,25)(H,23,26). The van der Waals surface area contributed by atoms with Crippen LogP contribution in [0.25, 0.3) is 10.7 Å². The molecule has 0 fully saturated rings. The summed E-state index contributed by atoms with van der Waals surface area (Å²) in [5, 5.41) is 5.87. The van der Waals surface area contributed by atoms with Crippen molar-refractivity contribution in [2.75, 3.05) is 13.7 Å². The van der Waals surface area contributed by atoms with Crippen LogP contribution in [0, 0.1) is 0 Å². The highest BCUT2D eigenvalue weighted by Gasteiger charge is 2.13. The Morgan fingerprint density at radius 3 is 2.80 bits per heavy atom. The average molecular weight is 430 g/mol. The number of hydrazine groups is 1. The summed E-state index contributed by atoms with van der Waals surface area (Å²) < 4.78 is 15.8. The number of rotatable bonds is 9. The fourth-order valence-corrected chi connectivity index (χ4v) is 3.26. The molecule has 2 heterocycles. The molecule has 3 aromatic rings. The number of ether oxygens (including phenoxy) is 2. The topological polar surface area (TPSA) is 116 Å². The molecule has 1 aromatic carbocycles. The van der Waals surface area contributed by atoms with E-state index in [2.05, 4.69) is 21.0 Å². The molecule has 3 rings (SSSR count). The average Bonchev–Trinajstić information content (AvgIpc) is 3.44. The molecular weight excluding hydrogens is 408 g/mol. The second kappa shape index (κ2) is 10.4. The molecule has 0 radical (unpaired) electrons. The lowest BCUT2D eigenvalue weighted by molar-refractivity contribution is -0.121. The third kappa shape index (κ3) is 5.57. The highest BCUT2D eigenvalue weighted by molar-refractivity contribution is 7.13. The fourth-order valence-electron chi connectivity index (χ4n) is 2.61. The third-order valence-electron chi connectivity index (χ3n) is 4.05. The molecule has 0 aliphatic rings. The zero-order chi connectivity index (χ0) is 21.3. The van der Waals surface area contributed by atoms with E-state index in [0.717, 1.165) is 4.88 Å². The SMILES string of the molecule is CCOc1ccc(C(=O)NNC(=O)CCCc2nc(-c3cccs3)no2)cc1OC. The van der Waals surface area contributed by atoms with Crippen molar-refractivity contribution in [3.63, 3.8) is 0 Å². The number of aromatic nitrogens is 2. The van der Waals surface area contributed by atoms with E-state index >= 15 is 0 Å². The van der Waals surface area contributed by atoms with Gasteiger partial charge in [0.2, 0.25) is 17.6 Å². The molecule has 0 saturated carbocycles. The van der Waals surface area contributed by atoms with Crippen molar-refractivity contribution in [2.45, 2.75) is 26.2 Å². The molecule has 158 valence electrons. The highest BCUT2D eigenvalue weighted by atomic mass is 32.1. The lowest BCUT2D eigenvalue weighted by Crippen LogP contribution is -2.41. The Morgan fingerprint density at radius 1 is 1.20 bits per heavy atom. The molecule has 0 bridgehead atoms. The van der Waals surface area contributed by atoms with Gasteiger partial charge in [0, 0.05) is 18.4 Å². The summed E-state index contributed by atoms with van der Waals surface area (Å²) in [7, 11) is 1.49. The minimum atomic E-state index is -0.456. The van der Waals surface area contributed by atoms with E-state index in [-0.39, 0.29) is 12.3 Å². The number of benzene rings is 1. The zero-order valence-electron chi connectivity index (χ0n) is 16.6. The van der Waals surface area contributed by atoms with Gasteiger partial charge >= 0.3 is 0 Å². The van der Waals surface area contributed by atoms with E-state index in [1.54, 1.807) is 18.2 Å². The van der Waals surface area contributed by atoms with Gasteiger partial charge in [0.05, 0.1) is 18.6 Å².